The smallest absolute Gasteiger partial charge is 0.139 e. The first-order chi connectivity index (χ1) is 10.3. The number of aliphatic hydroxyl groups is 1. The molecule has 3 aromatic rings. The van der Waals surface area contributed by atoms with Gasteiger partial charge in [0.25, 0.3) is 0 Å². The average molecular weight is 278 g/mol. The van der Waals surface area contributed by atoms with Crippen LogP contribution in [0.2, 0.25) is 0 Å². The summed E-state index contributed by atoms with van der Waals surface area (Å²) in [6.07, 6.45) is 3.98. The van der Waals surface area contributed by atoms with Crippen molar-refractivity contribution in [2.75, 3.05) is 0 Å². The fraction of sp³-hybridized carbons (Fsp3) is 0.167. The van der Waals surface area contributed by atoms with Crippen LogP contribution in [0.5, 0.6) is 0 Å². The lowest BCUT2D eigenvalue weighted by molar-refractivity contribution is 0.161. The Labute approximate surface area is 124 Å². The largest absolute Gasteiger partial charge is 0.388 e. The van der Waals surface area contributed by atoms with Crippen molar-refractivity contribution in [1.29, 1.82) is 0 Å². The summed E-state index contributed by atoms with van der Waals surface area (Å²) in [6, 6.07) is 19.9. The fourth-order valence-corrected chi connectivity index (χ4v) is 2.44. The highest BCUT2D eigenvalue weighted by Crippen LogP contribution is 2.20. The van der Waals surface area contributed by atoms with Crippen LogP contribution in [0.3, 0.4) is 0 Å². The number of benzene rings is 2. The molecule has 1 atom stereocenters. The molecule has 0 bridgehead atoms. The molecule has 1 aromatic heterocycles. The molecular formula is C18H18N2O. The number of hydrogen-bond donors (Lipinski definition) is 1. The summed E-state index contributed by atoms with van der Waals surface area (Å²) in [6.45, 7) is 0.736. The van der Waals surface area contributed by atoms with Crippen LogP contribution in [0.4, 0.5) is 0 Å². The molecule has 1 N–H and O–H groups in total. The van der Waals surface area contributed by atoms with Crippen molar-refractivity contribution in [3.63, 3.8) is 0 Å². The maximum absolute atomic E-state index is 10.2. The van der Waals surface area contributed by atoms with Crippen molar-refractivity contribution in [2.24, 2.45) is 0 Å². The maximum atomic E-state index is 10.2. The van der Waals surface area contributed by atoms with Crippen LogP contribution in [-0.4, -0.2) is 14.7 Å². The van der Waals surface area contributed by atoms with Gasteiger partial charge in [-0.1, -0.05) is 60.7 Å². The molecule has 106 valence electrons. The Bertz CT molecular complexity index is 677. The first-order valence-electron chi connectivity index (χ1n) is 7.14. The van der Waals surface area contributed by atoms with Crippen molar-refractivity contribution in [3.05, 3.63) is 78.6 Å². The molecule has 1 heterocycles. The average Bonchev–Trinajstić information content (AvgIpc) is 3.03. The number of aliphatic hydroxyl groups excluding tert-OH is 1. The predicted molar refractivity (Wildman–Crippen MR) is 83.7 cm³/mol. The van der Waals surface area contributed by atoms with Gasteiger partial charge >= 0.3 is 0 Å². The second-order valence-corrected chi connectivity index (χ2v) is 5.03. The van der Waals surface area contributed by atoms with E-state index in [9.17, 15) is 5.11 Å². The molecule has 0 fully saturated rings. The Morgan fingerprint density at radius 1 is 0.952 bits per heavy atom. The van der Waals surface area contributed by atoms with E-state index in [2.05, 4.69) is 9.55 Å². The van der Waals surface area contributed by atoms with E-state index in [4.69, 9.17) is 0 Å². The molecule has 0 aliphatic carbocycles. The molecule has 1 unspecified atom stereocenters. The third-order valence-corrected chi connectivity index (χ3v) is 3.58. The second kappa shape index (κ2) is 6.37. The molecule has 0 saturated carbocycles. The van der Waals surface area contributed by atoms with Crippen LogP contribution in [-0.2, 0) is 6.54 Å². The third-order valence-electron chi connectivity index (χ3n) is 3.58. The van der Waals surface area contributed by atoms with Gasteiger partial charge in [0.2, 0.25) is 0 Å². The molecule has 0 saturated heterocycles. The van der Waals surface area contributed by atoms with Crippen molar-refractivity contribution < 1.29 is 5.11 Å². The first-order valence-corrected chi connectivity index (χ1v) is 7.14. The van der Waals surface area contributed by atoms with Crippen LogP contribution >= 0.6 is 0 Å². The zero-order valence-corrected chi connectivity index (χ0v) is 11.8. The normalized spacial score (nSPS) is 12.2. The Balaban J connectivity index is 1.71. The number of imidazole rings is 1. The summed E-state index contributed by atoms with van der Waals surface area (Å²) in [5.41, 5.74) is 2.05. The molecular weight excluding hydrogens is 260 g/mol. The molecule has 3 nitrogen and oxygen atoms in total. The standard InChI is InChI=1S/C18H18N2O/c21-17(15-7-3-1-4-8-15)11-13-20-14-12-19-18(20)16-9-5-2-6-10-16/h1-10,12,14,17,21H,11,13H2. The van der Waals surface area contributed by atoms with Gasteiger partial charge in [-0.25, -0.2) is 4.98 Å². The van der Waals surface area contributed by atoms with E-state index >= 15 is 0 Å². The van der Waals surface area contributed by atoms with Gasteiger partial charge in [0.15, 0.2) is 0 Å². The Morgan fingerprint density at radius 2 is 1.62 bits per heavy atom. The molecule has 0 aliphatic heterocycles. The van der Waals surface area contributed by atoms with Crippen LogP contribution in [0, 0.1) is 0 Å². The zero-order chi connectivity index (χ0) is 14.5. The van der Waals surface area contributed by atoms with Crippen LogP contribution in [0.1, 0.15) is 18.1 Å². The molecule has 0 radical (unpaired) electrons. The van der Waals surface area contributed by atoms with E-state index < -0.39 is 6.10 Å². The first kappa shape index (κ1) is 13.6. The van der Waals surface area contributed by atoms with Gasteiger partial charge in [0, 0.05) is 24.5 Å². The Hall–Kier alpha value is -2.39. The molecule has 2 aromatic carbocycles. The van der Waals surface area contributed by atoms with Gasteiger partial charge in [-0.2, -0.15) is 0 Å². The summed E-state index contributed by atoms with van der Waals surface area (Å²) in [5.74, 6) is 0.941. The third kappa shape index (κ3) is 3.20. The van der Waals surface area contributed by atoms with Crippen molar-refractivity contribution in [1.82, 2.24) is 9.55 Å². The minimum absolute atomic E-state index is 0.447. The van der Waals surface area contributed by atoms with Gasteiger partial charge in [-0.05, 0) is 12.0 Å². The summed E-state index contributed by atoms with van der Waals surface area (Å²) < 4.78 is 2.08. The van der Waals surface area contributed by atoms with Gasteiger partial charge in [-0.3, -0.25) is 0 Å². The Kier molecular flexibility index (Phi) is 4.12. The van der Waals surface area contributed by atoms with Crippen LogP contribution in [0.25, 0.3) is 11.4 Å². The van der Waals surface area contributed by atoms with E-state index in [0.29, 0.717) is 6.42 Å². The topological polar surface area (TPSA) is 38.0 Å². The zero-order valence-electron chi connectivity index (χ0n) is 11.8. The van der Waals surface area contributed by atoms with Crippen molar-refractivity contribution >= 4 is 0 Å². The van der Waals surface area contributed by atoms with E-state index in [1.807, 2.05) is 66.9 Å². The van der Waals surface area contributed by atoms with E-state index in [-0.39, 0.29) is 0 Å². The van der Waals surface area contributed by atoms with Crippen LogP contribution < -0.4 is 0 Å². The minimum atomic E-state index is -0.447. The van der Waals surface area contributed by atoms with Crippen molar-refractivity contribution in [3.8, 4) is 11.4 Å². The molecule has 3 heteroatoms. The Morgan fingerprint density at radius 3 is 2.33 bits per heavy atom. The lowest BCUT2D eigenvalue weighted by atomic mass is 10.1. The maximum Gasteiger partial charge on any atom is 0.139 e. The van der Waals surface area contributed by atoms with E-state index in [0.717, 1.165) is 23.5 Å². The summed E-state index contributed by atoms with van der Waals surface area (Å²) in [4.78, 5) is 4.42. The molecule has 0 aliphatic rings. The number of rotatable bonds is 5. The van der Waals surface area contributed by atoms with E-state index in [1.54, 1.807) is 6.20 Å². The highest BCUT2D eigenvalue weighted by Gasteiger charge is 2.10. The predicted octanol–water partition coefficient (Wildman–Crippen LogP) is 3.67. The highest BCUT2D eigenvalue weighted by molar-refractivity contribution is 5.55. The highest BCUT2D eigenvalue weighted by atomic mass is 16.3. The minimum Gasteiger partial charge on any atom is -0.388 e. The number of aromatic nitrogens is 2. The summed E-state index contributed by atoms with van der Waals surface area (Å²) in [5, 5.41) is 10.2. The number of aryl methyl sites for hydroxylation is 1. The lowest BCUT2D eigenvalue weighted by Gasteiger charge is -2.13. The van der Waals surface area contributed by atoms with Gasteiger partial charge in [0.1, 0.15) is 5.82 Å². The number of nitrogens with zero attached hydrogens (tertiary/aromatic N) is 2. The SMILES string of the molecule is OC(CCn1ccnc1-c1ccccc1)c1ccccc1. The van der Waals surface area contributed by atoms with Crippen LogP contribution in [0.15, 0.2) is 73.1 Å². The summed E-state index contributed by atoms with van der Waals surface area (Å²) >= 11 is 0. The molecule has 0 spiro atoms. The molecule has 0 amide bonds. The summed E-state index contributed by atoms with van der Waals surface area (Å²) in [7, 11) is 0. The van der Waals surface area contributed by atoms with Crippen molar-refractivity contribution in [2.45, 2.75) is 19.1 Å². The van der Waals surface area contributed by atoms with E-state index in [1.165, 1.54) is 0 Å². The fourth-order valence-electron chi connectivity index (χ4n) is 2.44. The second-order valence-electron chi connectivity index (χ2n) is 5.03. The quantitative estimate of drug-likeness (QED) is 0.773. The lowest BCUT2D eigenvalue weighted by Crippen LogP contribution is -2.05. The van der Waals surface area contributed by atoms with Gasteiger partial charge in [-0.15, -0.1) is 0 Å². The monoisotopic (exact) mass is 278 g/mol. The molecule has 21 heavy (non-hydrogen) atoms. The molecule has 3 rings (SSSR count). The number of hydrogen-bond acceptors (Lipinski definition) is 2. The van der Waals surface area contributed by atoms with Gasteiger partial charge in [0.05, 0.1) is 6.10 Å². The van der Waals surface area contributed by atoms with Gasteiger partial charge < -0.3 is 9.67 Å².